The molecular weight excluding hydrogens is 502 g/mol. The lowest BCUT2D eigenvalue weighted by atomic mass is 9.95. The van der Waals surface area contributed by atoms with Gasteiger partial charge >= 0.3 is 0 Å². The molecule has 0 bridgehead atoms. The summed E-state index contributed by atoms with van der Waals surface area (Å²) >= 11 is 3.48. The van der Waals surface area contributed by atoms with Crippen molar-refractivity contribution in [3.8, 4) is 11.1 Å². The first-order valence-electron chi connectivity index (χ1n) is 10.5. The van der Waals surface area contributed by atoms with Gasteiger partial charge in [0.05, 0.1) is 22.9 Å². The molecule has 0 saturated heterocycles. The summed E-state index contributed by atoms with van der Waals surface area (Å²) in [5.41, 5.74) is 2.31. The fraction of sp³-hybridized carbons (Fsp3) is 0.154. The minimum atomic E-state index is -3.32. The van der Waals surface area contributed by atoms with Gasteiger partial charge < -0.3 is 0 Å². The van der Waals surface area contributed by atoms with Gasteiger partial charge in [0, 0.05) is 22.3 Å². The Morgan fingerprint density at radius 3 is 2.21 bits per heavy atom. The third-order valence-electron chi connectivity index (χ3n) is 5.63. The zero-order valence-electron chi connectivity index (χ0n) is 18.2. The highest BCUT2D eigenvalue weighted by Gasteiger charge is 2.21. The molecule has 0 spiro atoms. The summed E-state index contributed by atoms with van der Waals surface area (Å²) in [6, 6.07) is 21.4. The molecule has 168 valence electrons. The standard InChI is InChI=1S/C26H22BrNO4S/c1-3-33(31,32)21-12-9-18(10-13-21)16-28-25(17(2)29)24(19-7-5-4-6-8-19)23-15-20(27)11-14-22(23)26(28)30/h4-15H,3,16H2,1-2H3. The highest BCUT2D eigenvalue weighted by atomic mass is 79.9. The molecule has 0 saturated carbocycles. The van der Waals surface area contributed by atoms with Crippen LogP contribution in [0.1, 0.15) is 29.9 Å². The van der Waals surface area contributed by atoms with Crippen LogP contribution in [-0.4, -0.2) is 24.5 Å². The van der Waals surface area contributed by atoms with Crippen molar-refractivity contribution in [1.29, 1.82) is 0 Å². The first-order valence-corrected chi connectivity index (χ1v) is 12.9. The number of nitrogens with zero attached hydrogens (tertiary/aromatic N) is 1. The van der Waals surface area contributed by atoms with E-state index in [2.05, 4.69) is 15.9 Å². The largest absolute Gasteiger partial charge is 0.300 e. The van der Waals surface area contributed by atoms with Crippen molar-refractivity contribution < 1.29 is 13.2 Å². The van der Waals surface area contributed by atoms with Crippen LogP contribution in [0.15, 0.2) is 87.0 Å². The highest BCUT2D eigenvalue weighted by Crippen LogP contribution is 2.33. The number of hydrogen-bond acceptors (Lipinski definition) is 4. The Balaban J connectivity index is 1.98. The Morgan fingerprint density at radius 2 is 1.61 bits per heavy atom. The Kier molecular flexibility index (Phi) is 6.36. The molecule has 0 amide bonds. The van der Waals surface area contributed by atoms with Crippen molar-refractivity contribution in [2.75, 3.05) is 5.75 Å². The number of fused-ring (bicyclic) bond motifs is 1. The highest BCUT2D eigenvalue weighted by molar-refractivity contribution is 9.10. The van der Waals surface area contributed by atoms with E-state index in [0.717, 1.165) is 15.6 Å². The molecule has 3 aromatic carbocycles. The molecule has 1 heterocycles. The van der Waals surface area contributed by atoms with Gasteiger partial charge in [-0.05, 0) is 46.8 Å². The van der Waals surface area contributed by atoms with Crippen LogP contribution in [0.5, 0.6) is 0 Å². The Bertz CT molecular complexity index is 1520. The van der Waals surface area contributed by atoms with E-state index in [0.29, 0.717) is 22.0 Å². The number of benzene rings is 3. The number of carbonyl (C=O) groups is 1. The smallest absolute Gasteiger partial charge is 0.259 e. The minimum absolute atomic E-state index is 0.0148. The number of carbonyl (C=O) groups excluding carboxylic acids is 1. The molecule has 33 heavy (non-hydrogen) atoms. The van der Waals surface area contributed by atoms with Crippen molar-refractivity contribution in [1.82, 2.24) is 4.57 Å². The fourth-order valence-electron chi connectivity index (χ4n) is 3.98. The van der Waals surface area contributed by atoms with Gasteiger partial charge in [0.25, 0.3) is 5.56 Å². The van der Waals surface area contributed by atoms with E-state index in [1.54, 1.807) is 43.3 Å². The maximum atomic E-state index is 13.5. The molecule has 0 atom stereocenters. The normalized spacial score (nSPS) is 11.6. The summed E-state index contributed by atoms with van der Waals surface area (Å²) in [5, 5.41) is 1.21. The monoisotopic (exact) mass is 523 g/mol. The summed E-state index contributed by atoms with van der Waals surface area (Å²) < 4.78 is 26.6. The molecule has 0 aliphatic rings. The van der Waals surface area contributed by atoms with Gasteiger partial charge in [-0.3, -0.25) is 14.2 Å². The van der Waals surface area contributed by atoms with E-state index < -0.39 is 9.84 Å². The lowest BCUT2D eigenvalue weighted by Crippen LogP contribution is -2.27. The summed E-state index contributed by atoms with van der Waals surface area (Å²) in [6.45, 7) is 3.20. The Morgan fingerprint density at radius 1 is 0.939 bits per heavy atom. The first kappa shape index (κ1) is 23.1. The van der Waals surface area contributed by atoms with Gasteiger partial charge in [-0.25, -0.2) is 8.42 Å². The summed E-state index contributed by atoms with van der Waals surface area (Å²) in [4.78, 5) is 26.7. The van der Waals surface area contributed by atoms with Crippen LogP contribution in [0, 0.1) is 0 Å². The molecule has 4 rings (SSSR count). The van der Waals surface area contributed by atoms with Gasteiger partial charge in [-0.15, -0.1) is 0 Å². The molecule has 0 fully saturated rings. The molecule has 1 aromatic heterocycles. The zero-order valence-corrected chi connectivity index (χ0v) is 20.6. The Labute approximate surface area is 200 Å². The minimum Gasteiger partial charge on any atom is -0.300 e. The average molecular weight is 524 g/mol. The molecular formula is C26H22BrNO4S. The molecule has 4 aromatic rings. The van der Waals surface area contributed by atoms with Crippen LogP contribution in [0.3, 0.4) is 0 Å². The van der Waals surface area contributed by atoms with Crippen LogP contribution < -0.4 is 5.56 Å². The summed E-state index contributed by atoms with van der Waals surface area (Å²) in [5.74, 6) is -0.209. The number of Topliss-reactive ketones (excluding diaryl/α,β-unsaturated/α-hetero) is 1. The number of aromatic nitrogens is 1. The van der Waals surface area contributed by atoms with Gasteiger partial charge in [0.2, 0.25) is 0 Å². The van der Waals surface area contributed by atoms with Gasteiger partial charge in [0.15, 0.2) is 15.6 Å². The second kappa shape index (κ2) is 9.08. The molecule has 7 heteroatoms. The number of hydrogen-bond donors (Lipinski definition) is 0. The maximum Gasteiger partial charge on any atom is 0.259 e. The van der Waals surface area contributed by atoms with E-state index in [1.807, 2.05) is 36.4 Å². The van der Waals surface area contributed by atoms with Crippen LogP contribution in [0.4, 0.5) is 0 Å². The quantitative estimate of drug-likeness (QED) is 0.314. The van der Waals surface area contributed by atoms with Crippen molar-refractivity contribution in [3.05, 3.63) is 98.9 Å². The van der Waals surface area contributed by atoms with E-state index in [-0.39, 0.29) is 28.5 Å². The second-order valence-corrected chi connectivity index (χ2v) is 11.0. The summed E-state index contributed by atoms with van der Waals surface area (Å²) in [7, 11) is -3.32. The average Bonchev–Trinajstić information content (AvgIpc) is 2.81. The van der Waals surface area contributed by atoms with E-state index in [9.17, 15) is 18.0 Å². The van der Waals surface area contributed by atoms with E-state index in [4.69, 9.17) is 0 Å². The zero-order chi connectivity index (χ0) is 23.8. The maximum absolute atomic E-state index is 13.5. The van der Waals surface area contributed by atoms with Crippen LogP contribution in [-0.2, 0) is 16.4 Å². The van der Waals surface area contributed by atoms with Gasteiger partial charge in [-0.2, -0.15) is 0 Å². The SMILES string of the molecule is CCS(=O)(=O)c1ccc(Cn2c(C(C)=O)c(-c3ccccc3)c3cc(Br)ccc3c2=O)cc1. The molecule has 0 aliphatic heterocycles. The number of pyridine rings is 1. The molecule has 0 unspecified atom stereocenters. The van der Waals surface area contributed by atoms with Gasteiger partial charge in [0.1, 0.15) is 0 Å². The first-order chi connectivity index (χ1) is 15.7. The number of ketones is 1. The molecule has 0 radical (unpaired) electrons. The number of halogens is 1. The Hall–Kier alpha value is -3.03. The van der Waals surface area contributed by atoms with E-state index in [1.165, 1.54) is 11.5 Å². The van der Waals surface area contributed by atoms with Crippen LogP contribution >= 0.6 is 15.9 Å². The van der Waals surface area contributed by atoms with E-state index >= 15 is 0 Å². The van der Waals surface area contributed by atoms with Crippen molar-refractivity contribution in [2.24, 2.45) is 0 Å². The predicted molar refractivity (Wildman–Crippen MR) is 135 cm³/mol. The lowest BCUT2D eigenvalue weighted by molar-refractivity contribution is 0.100. The van der Waals surface area contributed by atoms with Crippen LogP contribution in [0.25, 0.3) is 21.9 Å². The topological polar surface area (TPSA) is 73.2 Å². The summed E-state index contributed by atoms with van der Waals surface area (Å²) in [6.07, 6.45) is 0. The number of rotatable bonds is 6. The third kappa shape index (κ3) is 4.43. The number of sulfone groups is 1. The van der Waals surface area contributed by atoms with Crippen molar-refractivity contribution >= 4 is 42.3 Å². The molecule has 0 aliphatic carbocycles. The third-order valence-corrected chi connectivity index (χ3v) is 7.88. The molecule has 5 nitrogen and oxygen atoms in total. The second-order valence-electron chi connectivity index (χ2n) is 7.77. The lowest BCUT2D eigenvalue weighted by Gasteiger charge is -2.19. The van der Waals surface area contributed by atoms with Crippen molar-refractivity contribution in [2.45, 2.75) is 25.3 Å². The predicted octanol–water partition coefficient (Wildman–Crippen LogP) is 5.48. The van der Waals surface area contributed by atoms with Crippen molar-refractivity contribution in [3.63, 3.8) is 0 Å². The molecule has 0 N–H and O–H groups in total. The van der Waals surface area contributed by atoms with Gasteiger partial charge in [-0.1, -0.05) is 65.3 Å². The fourth-order valence-corrected chi connectivity index (χ4v) is 5.23. The van der Waals surface area contributed by atoms with Crippen LogP contribution in [0.2, 0.25) is 0 Å².